The molecule has 2 atom stereocenters. The molecule has 85 heavy (non-hydrogen) atoms. The Kier molecular flexibility index (Phi) is 20.8. The number of ether oxygens (including phenoxy) is 1. The van der Waals surface area contributed by atoms with E-state index in [1.807, 2.05) is 92.5 Å². The Hall–Kier alpha value is -7.98. The van der Waals surface area contributed by atoms with Crippen LogP contribution in [0, 0.1) is 37.3 Å². The van der Waals surface area contributed by atoms with Gasteiger partial charge in [-0.2, -0.15) is 0 Å². The van der Waals surface area contributed by atoms with Crippen molar-refractivity contribution in [2.75, 3.05) is 111 Å². The van der Waals surface area contributed by atoms with Crippen LogP contribution >= 0.6 is 0 Å². The predicted octanol–water partition coefficient (Wildman–Crippen LogP) is 5.72. The number of aromatic carboxylic acids is 1. The number of rotatable bonds is 18. The fourth-order valence-electron chi connectivity index (χ4n) is 11.5. The van der Waals surface area contributed by atoms with Gasteiger partial charge in [-0.15, -0.1) is 0 Å². The Morgan fingerprint density at radius 2 is 0.929 bits per heavy atom. The number of esters is 1. The molecule has 2 spiro atoms. The number of methoxy groups -OCH3 is 1. The van der Waals surface area contributed by atoms with Crippen molar-refractivity contribution in [2.24, 2.45) is 11.8 Å². The maximum absolute atomic E-state index is 14.4. The number of benzene rings is 4. The molecular formula is C63H82F2N10O10. The Labute approximate surface area is 497 Å². The number of nitrogens with zero attached hydrogens (tertiary/aromatic N) is 8. The second-order valence-corrected chi connectivity index (χ2v) is 23.8. The molecule has 4 fully saturated rings. The molecule has 458 valence electrons. The summed E-state index contributed by atoms with van der Waals surface area (Å²) in [6.07, 6.45) is 1.56. The van der Waals surface area contributed by atoms with Crippen molar-refractivity contribution < 1.29 is 57.0 Å². The molecule has 8 rings (SSSR count). The Morgan fingerprint density at radius 1 is 0.576 bits per heavy atom. The number of carboxylic acids is 1. The third kappa shape index (κ3) is 14.4. The van der Waals surface area contributed by atoms with Gasteiger partial charge in [-0.1, -0.05) is 51.0 Å². The molecule has 0 unspecified atom stereocenters. The van der Waals surface area contributed by atoms with Crippen molar-refractivity contribution in [3.05, 3.63) is 130 Å². The average Bonchev–Trinajstić information content (AvgIpc) is 2.10. The molecule has 0 saturated carbocycles. The summed E-state index contributed by atoms with van der Waals surface area (Å²) < 4.78 is 33.6. The summed E-state index contributed by atoms with van der Waals surface area (Å²) in [5.74, 6) is -5.03. The lowest BCUT2D eigenvalue weighted by Gasteiger charge is -2.44. The lowest BCUT2D eigenvalue weighted by atomic mass is 9.84. The molecule has 0 aliphatic carbocycles. The number of carbonyl (C=O) groups is 8. The summed E-state index contributed by atoms with van der Waals surface area (Å²) in [5, 5.41) is 14.8. The van der Waals surface area contributed by atoms with Gasteiger partial charge in [-0.05, 0) is 152 Å². The van der Waals surface area contributed by atoms with Gasteiger partial charge in [0.1, 0.15) is 34.8 Å². The predicted molar refractivity (Wildman–Crippen MR) is 318 cm³/mol. The van der Waals surface area contributed by atoms with Crippen LogP contribution in [0.5, 0.6) is 0 Å². The zero-order chi connectivity index (χ0) is 62.2. The molecule has 6 amide bonds. The number of anilines is 2. The molecule has 20 nitrogen and oxygen atoms in total. The highest BCUT2D eigenvalue weighted by Gasteiger charge is 2.56. The monoisotopic (exact) mass is 1180 g/mol. The molecule has 0 radical (unpaired) electrons. The van der Waals surface area contributed by atoms with Crippen molar-refractivity contribution in [3.8, 4) is 0 Å². The fraction of sp³-hybridized carbons (Fsp3) is 0.492. The Bertz CT molecular complexity index is 3100. The number of piperidine rings is 2. The van der Waals surface area contributed by atoms with E-state index in [2.05, 4.69) is 15.5 Å². The first kappa shape index (κ1) is 64.6. The molecule has 3 N–H and O–H groups in total. The summed E-state index contributed by atoms with van der Waals surface area (Å²) >= 11 is 0. The number of nitrogens with one attached hydrogen (secondary N) is 2. The maximum atomic E-state index is 14.4. The van der Waals surface area contributed by atoms with Gasteiger partial charge in [0.2, 0.25) is 23.6 Å². The SMILES string of the molecule is COC(=O)c1ccc(N2CN(CCN(C)C)C(=O)C23CCN(C(=O)[C@H](NC(=O)c2cc(C)ccc2F)C(C)C)CC3)cc1.Cc1ccc(F)c(C(=O)N[C@@H](C(=O)N2CCC3(CC2)C(=O)N(CCN(C)C)CN3c2ccc(C(=O)O)cc2)C(C)C)c1. The van der Waals surface area contributed by atoms with E-state index in [0.29, 0.717) is 96.9 Å². The number of halogens is 2. The Morgan fingerprint density at radius 3 is 1.25 bits per heavy atom. The first-order chi connectivity index (χ1) is 40.2. The van der Waals surface area contributed by atoms with Crippen LogP contribution in [-0.2, 0) is 23.9 Å². The number of carboxylic acid groups (broad SMARTS) is 1. The molecule has 0 aromatic heterocycles. The number of hydrogen-bond donors (Lipinski definition) is 3. The molecule has 4 aliphatic heterocycles. The van der Waals surface area contributed by atoms with Crippen LogP contribution in [0.25, 0.3) is 0 Å². The first-order valence-electron chi connectivity index (χ1n) is 28.9. The molecule has 0 bridgehead atoms. The highest BCUT2D eigenvalue weighted by molar-refractivity contribution is 6.00. The van der Waals surface area contributed by atoms with E-state index < -0.39 is 58.5 Å². The van der Waals surface area contributed by atoms with Crippen molar-refractivity contribution in [1.29, 1.82) is 0 Å². The topological polar surface area (TPSA) is 216 Å². The van der Waals surface area contributed by atoms with Crippen LogP contribution in [-0.4, -0.2) is 206 Å². The fourth-order valence-corrected chi connectivity index (χ4v) is 11.5. The highest BCUT2D eigenvalue weighted by atomic mass is 19.1. The normalized spacial score (nSPS) is 17.2. The number of likely N-dealkylation sites (tertiary alicyclic amines) is 2. The molecule has 4 aromatic carbocycles. The minimum absolute atomic E-state index is 0.0117. The van der Waals surface area contributed by atoms with Gasteiger partial charge in [0.25, 0.3) is 11.8 Å². The van der Waals surface area contributed by atoms with Crippen LogP contribution < -0.4 is 20.4 Å². The zero-order valence-electron chi connectivity index (χ0n) is 50.7. The first-order valence-corrected chi connectivity index (χ1v) is 28.9. The van der Waals surface area contributed by atoms with Crippen molar-refractivity contribution in [3.63, 3.8) is 0 Å². The lowest BCUT2D eigenvalue weighted by molar-refractivity contribution is -0.140. The Balaban J connectivity index is 0.000000244. The average molecular weight is 1180 g/mol. The van der Waals surface area contributed by atoms with Gasteiger partial charge in [-0.25, -0.2) is 18.4 Å². The largest absolute Gasteiger partial charge is 0.478 e. The van der Waals surface area contributed by atoms with E-state index in [0.717, 1.165) is 22.5 Å². The summed E-state index contributed by atoms with van der Waals surface area (Å²) in [5.41, 5.74) is 1.67. The van der Waals surface area contributed by atoms with Gasteiger partial charge >= 0.3 is 11.9 Å². The van der Waals surface area contributed by atoms with Crippen LogP contribution in [0.2, 0.25) is 0 Å². The van der Waals surface area contributed by atoms with E-state index in [4.69, 9.17) is 4.74 Å². The maximum Gasteiger partial charge on any atom is 0.337 e. The number of likely N-dealkylation sites (N-methyl/N-ethyl adjacent to an activating group) is 2. The van der Waals surface area contributed by atoms with Gasteiger partial charge in [0, 0.05) is 63.7 Å². The molecule has 22 heteroatoms. The third-order valence-corrected chi connectivity index (χ3v) is 16.7. The van der Waals surface area contributed by atoms with Crippen LogP contribution in [0.1, 0.15) is 106 Å². The summed E-state index contributed by atoms with van der Waals surface area (Å²) in [6, 6.07) is 20.4. The summed E-state index contributed by atoms with van der Waals surface area (Å²) in [4.78, 5) is 120. The van der Waals surface area contributed by atoms with E-state index in [1.165, 1.54) is 43.5 Å². The summed E-state index contributed by atoms with van der Waals surface area (Å²) in [6.45, 7) is 15.4. The number of hydrogen-bond acceptors (Lipinski definition) is 13. The second-order valence-electron chi connectivity index (χ2n) is 23.8. The van der Waals surface area contributed by atoms with Gasteiger partial charge in [0.05, 0.1) is 42.7 Å². The molecule has 4 saturated heterocycles. The van der Waals surface area contributed by atoms with Gasteiger partial charge in [0.15, 0.2) is 0 Å². The number of carbonyl (C=O) groups excluding carboxylic acids is 7. The van der Waals surface area contributed by atoms with E-state index in [9.17, 15) is 52.2 Å². The second kappa shape index (κ2) is 27.4. The third-order valence-electron chi connectivity index (χ3n) is 16.7. The minimum Gasteiger partial charge on any atom is -0.478 e. The van der Waals surface area contributed by atoms with E-state index in [-0.39, 0.29) is 52.2 Å². The quantitative estimate of drug-likeness (QED) is 0.102. The van der Waals surface area contributed by atoms with Crippen LogP contribution in [0.3, 0.4) is 0 Å². The van der Waals surface area contributed by atoms with Crippen LogP contribution in [0.15, 0.2) is 84.9 Å². The van der Waals surface area contributed by atoms with Crippen molar-refractivity contribution >= 4 is 58.8 Å². The lowest BCUT2D eigenvalue weighted by Crippen LogP contribution is -2.60. The summed E-state index contributed by atoms with van der Waals surface area (Å²) in [7, 11) is 9.14. The standard InChI is InChI=1S/C32H42FN5O5.C31H40FN5O5/c1-21(2)27(34-28(39)25-19-22(3)7-12-26(25)33)29(40)36-15-13-32(14-16-36)31(42)37(18-17-35(4)5)20-38(32)24-10-8-23(9-11-24)30(41)43-6;1-20(2)26(33-27(38)24-18-21(3)6-11-25(24)32)28(39)35-14-12-31(13-15-35)30(42)36(17-16-34(4)5)19-37(31)23-9-7-22(8-10-23)29(40)41/h7-12,19,21,27H,13-18,20H2,1-6H3,(H,34,39);6-11,18,20,26H,12-17,19H2,1-5H3,(H,33,38)(H,40,41)/t27-;26-/m11/s1. The van der Waals surface area contributed by atoms with E-state index in [1.54, 1.807) is 60.0 Å². The van der Waals surface area contributed by atoms with Gasteiger partial charge in [-0.3, -0.25) is 28.8 Å². The molecule has 4 heterocycles. The van der Waals surface area contributed by atoms with Gasteiger partial charge < -0.3 is 59.7 Å². The minimum atomic E-state index is -1.02. The zero-order valence-corrected chi connectivity index (χ0v) is 50.7. The van der Waals surface area contributed by atoms with Crippen molar-refractivity contribution in [1.82, 2.24) is 40.0 Å². The van der Waals surface area contributed by atoms with E-state index >= 15 is 0 Å². The molecule has 4 aliphatic rings. The highest BCUT2D eigenvalue weighted by Crippen LogP contribution is 2.42. The molecule has 4 aromatic rings. The smallest absolute Gasteiger partial charge is 0.337 e. The number of aryl methyl sites for hydroxylation is 2. The number of amides is 6. The molecular weight excluding hydrogens is 1090 g/mol. The van der Waals surface area contributed by atoms with Crippen LogP contribution in [0.4, 0.5) is 20.2 Å². The van der Waals surface area contributed by atoms with Crippen molar-refractivity contribution in [2.45, 2.75) is 90.4 Å².